The van der Waals surface area contributed by atoms with E-state index in [-0.39, 0.29) is 18.3 Å². The smallest absolute Gasteiger partial charge is 0.229 e. The van der Waals surface area contributed by atoms with E-state index in [0.717, 1.165) is 6.42 Å². The largest absolute Gasteiger partial charge is 0.492 e. The number of ether oxygens (including phenoxy) is 1. The highest BCUT2D eigenvalue weighted by molar-refractivity contribution is 6.01. The average molecular weight is 292 g/mol. The lowest BCUT2D eigenvalue weighted by atomic mass is 9.93. The second kappa shape index (κ2) is 7.11. The third kappa shape index (κ3) is 4.48. The first kappa shape index (κ1) is 17.0. The SMILES string of the molecule is CCCNC(=O)C(C)(C)COc1cccc(N)c1C(C)=O. The van der Waals surface area contributed by atoms with Crippen molar-refractivity contribution in [2.75, 3.05) is 18.9 Å². The van der Waals surface area contributed by atoms with Gasteiger partial charge in [0.05, 0.1) is 11.0 Å². The van der Waals surface area contributed by atoms with Gasteiger partial charge in [-0.1, -0.05) is 13.0 Å². The van der Waals surface area contributed by atoms with Crippen molar-refractivity contribution in [3.05, 3.63) is 23.8 Å². The van der Waals surface area contributed by atoms with Crippen LogP contribution in [-0.2, 0) is 4.79 Å². The maximum atomic E-state index is 12.0. The van der Waals surface area contributed by atoms with E-state index in [1.54, 1.807) is 32.0 Å². The van der Waals surface area contributed by atoms with Crippen LogP contribution in [0.15, 0.2) is 18.2 Å². The van der Waals surface area contributed by atoms with Crippen molar-refractivity contribution in [2.45, 2.75) is 34.1 Å². The van der Waals surface area contributed by atoms with Gasteiger partial charge in [-0.3, -0.25) is 9.59 Å². The monoisotopic (exact) mass is 292 g/mol. The summed E-state index contributed by atoms with van der Waals surface area (Å²) >= 11 is 0. The number of rotatable bonds is 7. The third-order valence-electron chi connectivity index (χ3n) is 3.15. The van der Waals surface area contributed by atoms with Gasteiger partial charge in [0.1, 0.15) is 12.4 Å². The Bertz CT molecular complexity index is 524. The van der Waals surface area contributed by atoms with E-state index >= 15 is 0 Å². The number of benzene rings is 1. The van der Waals surface area contributed by atoms with Gasteiger partial charge in [0.15, 0.2) is 5.78 Å². The van der Waals surface area contributed by atoms with Gasteiger partial charge in [-0.2, -0.15) is 0 Å². The van der Waals surface area contributed by atoms with Gasteiger partial charge in [0, 0.05) is 12.2 Å². The van der Waals surface area contributed by atoms with Gasteiger partial charge < -0.3 is 15.8 Å². The minimum Gasteiger partial charge on any atom is -0.492 e. The Kier molecular flexibility index (Phi) is 5.76. The van der Waals surface area contributed by atoms with Crippen molar-refractivity contribution in [3.8, 4) is 5.75 Å². The molecule has 1 amide bonds. The van der Waals surface area contributed by atoms with Crippen LogP contribution in [0.4, 0.5) is 5.69 Å². The molecule has 5 heteroatoms. The number of anilines is 1. The van der Waals surface area contributed by atoms with Crippen LogP contribution in [0.2, 0.25) is 0 Å². The molecule has 0 spiro atoms. The molecule has 0 aliphatic heterocycles. The minimum atomic E-state index is -0.687. The molecule has 0 aliphatic rings. The first-order valence-corrected chi connectivity index (χ1v) is 7.10. The first-order valence-electron chi connectivity index (χ1n) is 7.10. The van der Waals surface area contributed by atoms with Crippen LogP contribution in [0.5, 0.6) is 5.75 Å². The fourth-order valence-corrected chi connectivity index (χ4v) is 1.85. The highest BCUT2D eigenvalue weighted by Crippen LogP contribution is 2.27. The number of nitrogens with two attached hydrogens (primary N) is 1. The number of nitrogens with one attached hydrogen (secondary N) is 1. The standard InChI is InChI=1S/C16H24N2O3/c1-5-9-18-15(20)16(3,4)10-21-13-8-6-7-12(17)14(13)11(2)19/h6-8H,5,9-10,17H2,1-4H3,(H,18,20). The summed E-state index contributed by atoms with van der Waals surface area (Å²) in [6.07, 6.45) is 0.881. The maximum absolute atomic E-state index is 12.0. The predicted octanol–water partition coefficient (Wildman–Crippen LogP) is 2.40. The molecule has 0 saturated heterocycles. The number of ketones is 1. The van der Waals surface area contributed by atoms with E-state index in [0.29, 0.717) is 23.5 Å². The second-order valence-corrected chi connectivity index (χ2v) is 5.71. The number of carbonyl (C=O) groups is 2. The Morgan fingerprint density at radius 1 is 1.33 bits per heavy atom. The molecule has 5 nitrogen and oxygen atoms in total. The molecule has 1 aromatic carbocycles. The van der Waals surface area contributed by atoms with Crippen molar-refractivity contribution in [2.24, 2.45) is 5.41 Å². The summed E-state index contributed by atoms with van der Waals surface area (Å²) in [6.45, 7) is 7.86. The molecule has 116 valence electrons. The summed E-state index contributed by atoms with van der Waals surface area (Å²) in [5, 5.41) is 2.85. The van der Waals surface area contributed by atoms with Gasteiger partial charge in [-0.15, -0.1) is 0 Å². The van der Waals surface area contributed by atoms with Crippen molar-refractivity contribution >= 4 is 17.4 Å². The Morgan fingerprint density at radius 2 is 2.00 bits per heavy atom. The number of amides is 1. The molecule has 1 rings (SSSR count). The number of hydrogen-bond donors (Lipinski definition) is 2. The molecule has 0 bridgehead atoms. The molecule has 0 atom stereocenters. The Labute approximate surface area is 125 Å². The van der Waals surface area contributed by atoms with E-state index in [4.69, 9.17) is 10.5 Å². The molecule has 0 aliphatic carbocycles. The van der Waals surface area contributed by atoms with Gasteiger partial charge in [0.2, 0.25) is 5.91 Å². The normalized spacial score (nSPS) is 11.0. The summed E-state index contributed by atoms with van der Waals surface area (Å²) in [7, 11) is 0. The fraction of sp³-hybridized carbons (Fsp3) is 0.500. The average Bonchev–Trinajstić information content (AvgIpc) is 2.42. The van der Waals surface area contributed by atoms with E-state index in [1.165, 1.54) is 6.92 Å². The summed E-state index contributed by atoms with van der Waals surface area (Å²) in [5.41, 5.74) is 5.87. The quantitative estimate of drug-likeness (QED) is 0.597. The van der Waals surface area contributed by atoms with Gasteiger partial charge in [-0.25, -0.2) is 0 Å². The first-order chi connectivity index (χ1) is 9.79. The lowest BCUT2D eigenvalue weighted by molar-refractivity contribution is -0.130. The highest BCUT2D eigenvalue weighted by atomic mass is 16.5. The number of Topliss-reactive ketones (excluding diaryl/α,β-unsaturated/α-hetero) is 1. The van der Waals surface area contributed by atoms with Crippen LogP contribution in [0.1, 0.15) is 44.5 Å². The van der Waals surface area contributed by atoms with Crippen molar-refractivity contribution in [1.82, 2.24) is 5.32 Å². The summed E-state index contributed by atoms with van der Waals surface area (Å²) < 4.78 is 5.68. The van der Waals surface area contributed by atoms with Crippen molar-refractivity contribution in [3.63, 3.8) is 0 Å². The molecular weight excluding hydrogens is 268 g/mol. The summed E-state index contributed by atoms with van der Waals surface area (Å²) in [5.74, 6) is 0.188. The van der Waals surface area contributed by atoms with Crippen LogP contribution >= 0.6 is 0 Å². The van der Waals surface area contributed by atoms with E-state index < -0.39 is 5.41 Å². The maximum Gasteiger partial charge on any atom is 0.229 e. The molecule has 0 aromatic heterocycles. The van der Waals surface area contributed by atoms with Crippen molar-refractivity contribution in [1.29, 1.82) is 0 Å². The molecule has 0 fully saturated rings. The van der Waals surface area contributed by atoms with Gasteiger partial charge in [0.25, 0.3) is 0 Å². The highest BCUT2D eigenvalue weighted by Gasteiger charge is 2.29. The molecule has 1 aromatic rings. The van der Waals surface area contributed by atoms with Crippen LogP contribution < -0.4 is 15.8 Å². The third-order valence-corrected chi connectivity index (χ3v) is 3.15. The van der Waals surface area contributed by atoms with Crippen LogP contribution in [0, 0.1) is 5.41 Å². The van der Waals surface area contributed by atoms with Gasteiger partial charge in [-0.05, 0) is 39.3 Å². The molecule has 21 heavy (non-hydrogen) atoms. The number of hydrogen-bond acceptors (Lipinski definition) is 4. The number of nitrogen functional groups attached to an aromatic ring is 1. The van der Waals surface area contributed by atoms with E-state index in [2.05, 4.69) is 5.32 Å². The van der Waals surface area contributed by atoms with Gasteiger partial charge >= 0.3 is 0 Å². The molecule has 0 heterocycles. The zero-order valence-electron chi connectivity index (χ0n) is 13.2. The lowest BCUT2D eigenvalue weighted by Gasteiger charge is -2.24. The predicted molar refractivity (Wildman–Crippen MR) is 83.4 cm³/mol. The molecule has 0 unspecified atom stereocenters. The zero-order chi connectivity index (χ0) is 16.0. The van der Waals surface area contributed by atoms with Crippen molar-refractivity contribution < 1.29 is 14.3 Å². The summed E-state index contributed by atoms with van der Waals surface area (Å²) in [4.78, 5) is 23.7. The van der Waals surface area contributed by atoms with Crippen LogP contribution in [0.25, 0.3) is 0 Å². The molecule has 3 N–H and O–H groups in total. The fourth-order valence-electron chi connectivity index (χ4n) is 1.85. The lowest BCUT2D eigenvalue weighted by Crippen LogP contribution is -2.41. The molecular formula is C16H24N2O3. The Morgan fingerprint density at radius 3 is 2.57 bits per heavy atom. The number of carbonyl (C=O) groups excluding carboxylic acids is 2. The summed E-state index contributed by atoms with van der Waals surface area (Å²) in [6, 6.07) is 5.07. The second-order valence-electron chi connectivity index (χ2n) is 5.71. The van der Waals surface area contributed by atoms with E-state index in [9.17, 15) is 9.59 Å². The zero-order valence-corrected chi connectivity index (χ0v) is 13.2. The topological polar surface area (TPSA) is 81.4 Å². The molecule has 0 radical (unpaired) electrons. The van der Waals surface area contributed by atoms with Crippen LogP contribution in [0.3, 0.4) is 0 Å². The van der Waals surface area contributed by atoms with Crippen LogP contribution in [-0.4, -0.2) is 24.8 Å². The molecule has 0 saturated carbocycles. The van der Waals surface area contributed by atoms with E-state index in [1.807, 2.05) is 6.92 Å². The minimum absolute atomic E-state index is 0.0716. The Hall–Kier alpha value is -2.04. The Balaban J connectivity index is 2.81.